The number of hydrogen-bond donors (Lipinski definition) is 1. The Bertz CT molecular complexity index is 564. The summed E-state index contributed by atoms with van der Waals surface area (Å²) in [6.07, 6.45) is 0.886. The Morgan fingerprint density at radius 2 is 1.88 bits per heavy atom. The minimum absolute atomic E-state index is 0.110. The molecule has 2 amide bonds. The van der Waals surface area contributed by atoms with E-state index in [9.17, 15) is 14.4 Å². The van der Waals surface area contributed by atoms with Gasteiger partial charge in [0.05, 0.1) is 6.54 Å². The zero-order valence-corrected chi connectivity index (χ0v) is 15.3. The molecule has 0 aromatic heterocycles. The van der Waals surface area contributed by atoms with E-state index >= 15 is 0 Å². The van der Waals surface area contributed by atoms with Crippen molar-refractivity contribution in [2.75, 3.05) is 33.0 Å². The predicted octanol–water partition coefficient (Wildman–Crippen LogP) is 1.96. The lowest BCUT2D eigenvalue weighted by Crippen LogP contribution is -2.38. The van der Waals surface area contributed by atoms with Crippen LogP contribution >= 0.6 is 23.4 Å². The molecule has 8 heteroatoms. The van der Waals surface area contributed by atoms with Gasteiger partial charge < -0.3 is 15.0 Å². The second-order valence-electron chi connectivity index (χ2n) is 5.13. The van der Waals surface area contributed by atoms with E-state index in [1.807, 2.05) is 24.3 Å². The Morgan fingerprint density at radius 3 is 2.50 bits per heavy atom. The number of nitrogens with one attached hydrogen (secondary N) is 1. The normalized spacial score (nSPS) is 10.1. The molecule has 0 bridgehead atoms. The molecular weight excluding hydrogens is 352 g/mol. The SMILES string of the molecule is CN(C)C(=O)CNC(=O)COC(=O)CCCSc1ccc(Cl)cc1. The number of esters is 1. The van der Waals surface area contributed by atoms with Crippen LogP contribution in [0.4, 0.5) is 0 Å². The lowest BCUT2D eigenvalue weighted by Gasteiger charge is -2.11. The summed E-state index contributed by atoms with van der Waals surface area (Å²) < 4.78 is 4.86. The first kappa shape index (κ1) is 20.3. The van der Waals surface area contributed by atoms with Crippen LogP contribution in [0.15, 0.2) is 29.2 Å². The van der Waals surface area contributed by atoms with Crippen LogP contribution in [0.5, 0.6) is 0 Å². The standard InChI is InChI=1S/C16H21ClN2O4S/c1-19(2)15(21)10-18-14(20)11-23-16(22)4-3-9-24-13-7-5-12(17)6-8-13/h5-8H,3-4,9-11H2,1-2H3,(H,18,20). The molecule has 132 valence electrons. The highest BCUT2D eigenvalue weighted by atomic mass is 35.5. The predicted molar refractivity (Wildman–Crippen MR) is 94.1 cm³/mol. The van der Waals surface area contributed by atoms with Gasteiger partial charge in [0.1, 0.15) is 0 Å². The smallest absolute Gasteiger partial charge is 0.306 e. The van der Waals surface area contributed by atoms with Crippen LogP contribution in [-0.2, 0) is 19.1 Å². The van der Waals surface area contributed by atoms with Gasteiger partial charge in [-0.05, 0) is 36.4 Å². The zero-order chi connectivity index (χ0) is 17.9. The van der Waals surface area contributed by atoms with Crippen LogP contribution in [-0.4, -0.2) is 55.7 Å². The molecule has 1 N–H and O–H groups in total. The maximum absolute atomic E-state index is 11.5. The van der Waals surface area contributed by atoms with Crippen molar-refractivity contribution in [3.8, 4) is 0 Å². The fourth-order valence-corrected chi connectivity index (χ4v) is 2.52. The van der Waals surface area contributed by atoms with Crippen molar-refractivity contribution in [1.82, 2.24) is 10.2 Å². The Balaban J connectivity index is 2.10. The van der Waals surface area contributed by atoms with E-state index in [0.29, 0.717) is 11.4 Å². The number of ether oxygens (including phenoxy) is 1. The summed E-state index contributed by atoms with van der Waals surface area (Å²) >= 11 is 7.43. The second kappa shape index (κ2) is 10.9. The number of carbonyl (C=O) groups is 3. The highest BCUT2D eigenvalue weighted by Gasteiger charge is 2.10. The lowest BCUT2D eigenvalue weighted by atomic mass is 10.3. The third-order valence-corrected chi connectivity index (χ3v) is 4.26. The van der Waals surface area contributed by atoms with E-state index in [2.05, 4.69) is 5.32 Å². The number of rotatable bonds is 9. The molecule has 0 heterocycles. The lowest BCUT2D eigenvalue weighted by molar-refractivity contribution is -0.148. The van der Waals surface area contributed by atoms with E-state index in [4.69, 9.17) is 16.3 Å². The van der Waals surface area contributed by atoms with Gasteiger partial charge in [0, 0.05) is 30.4 Å². The van der Waals surface area contributed by atoms with E-state index in [-0.39, 0.29) is 25.5 Å². The molecule has 1 aromatic carbocycles. The van der Waals surface area contributed by atoms with Crippen molar-refractivity contribution in [2.24, 2.45) is 0 Å². The van der Waals surface area contributed by atoms with Crippen LogP contribution in [0.1, 0.15) is 12.8 Å². The topological polar surface area (TPSA) is 75.7 Å². The fourth-order valence-electron chi connectivity index (χ4n) is 1.54. The van der Waals surface area contributed by atoms with Crippen LogP contribution in [0.2, 0.25) is 5.02 Å². The highest BCUT2D eigenvalue weighted by Crippen LogP contribution is 2.21. The van der Waals surface area contributed by atoms with E-state index in [0.717, 1.165) is 10.6 Å². The molecule has 0 aliphatic carbocycles. The van der Waals surface area contributed by atoms with Gasteiger partial charge in [0.25, 0.3) is 5.91 Å². The number of amides is 2. The Labute approximate surface area is 150 Å². The van der Waals surface area contributed by atoms with E-state index in [1.165, 1.54) is 4.90 Å². The van der Waals surface area contributed by atoms with Crippen molar-refractivity contribution in [2.45, 2.75) is 17.7 Å². The van der Waals surface area contributed by atoms with Gasteiger partial charge in [-0.25, -0.2) is 0 Å². The molecule has 0 radical (unpaired) electrons. The molecule has 1 aromatic rings. The summed E-state index contributed by atoms with van der Waals surface area (Å²) in [6.45, 7) is -0.481. The molecule has 0 aliphatic heterocycles. The average Bonchev–Trinajstić information content (AvgIpc) is 2.56. The van der Waals surface area contributed by atoms with Crippen LogP contribution < -0.4 is 5.32 Å². The van der Waals surface area contributed by atoms with Crippen molar-refractivity contribution in [1.29, 1.82) is 0 Å². The molecule has 0 unspecified atom stereocenters. The minimum atomic E-state index is -0.492. The number of carbonyl (C=O) groups excluding carboxylic acids is 3. The third kappa shape index (κ3) is 8.79. The number of benzene rings is 1. The molecular formula is C16H21ClN2O4S. The minimum Gasteiger partial charge on any atom is -0.456 e. The Morgan fingerprint density at radius 1 is 1.21 bits per heavy atom. The fraction of sp³-hybridized carbons (Fsp3) is 0.438. The van der Waals surface area contributed by atoms with Gasteiger partial charge in [-0.2, -0.15) is 0 Å². The summed E-state index contributed by atoms with van der Waals surface area (Å²) in [6, 6.07) is 7.48. The Hall–Kier alpha value is -1.73. The molecule has 0 aliphatic rings. The number of nitrogens with zero attached hydrogens (tertiary/aromatic N) is 1. The molecule has 0 saturated heterocycles. The average molecular weight is 373 g/mol. The summed E-state index contributed by atoms with van der Waals surface area (Å²) in [5.41, 5.74) is 0. The van der Waals surface area contributed by atoms with Gasteiger partial charge in [-0.15, -0.1) is 11.8 Å². The second-order valence-corrected chi connectivity index (χ2v) is 6.74. The zero-order valence-electron chi connectivity index (χ0n) is 13.7. The maximum Gasteiger partial charge on any atom is 0.306 e. The summed E-state index contributed by atoms with van der Waals surface area (Å²) in [7, 11) is 3.19. The van der Waals surface area contributed by atoms with Crippen molar-refractivity contribution >= 4 is 41.1 Å². The van der Waals surface area contributed by atoms with E-state index < -0.39 is 11.9 Å². The summed E-state index contributed by atoms with van der Waals surface area (Å²) in [5, 5.41) is 3.08. The van der Waals surface area contributed by atoms with Gasteiger partial charge in [0.15, 0.2) is 6.61 Å². The molecule has 0 saturated carbocycles. The van der Waals surface area contributed by atoms with Crippen LogP contribution in [0, 0.1) is 0 Å². The number of likely N-dealkylation sites (N-methyl/N-ethyl adjacent to an activating group) is 1. The van der Waals surface area contributed by atoms with Crippen molar-refractivity contribution in [3.05, 3.63) is 29.3 Å². The van der Waals surface area contributed by atoms with Crippen LogP contribution in [0.25, 0.3) is 0 Å². The molecule has 0 atom stereocenters. The first-order chi connectivity index (χ1) is 11.4. The first-order valence-electron chi connectivity index (χ1n) is 7.39. The molecule has 1 rings (SSSR count). The van der Waals surface area contributed by atoms with E-state index in [1.54, 1.807) is 25.9 Å². The van der Waals surface area contributed by atoms with Gasteiger partial charge >= 0.3 is 5.97 Å². The summed E-state index contributed by atoms with van der Waals surface area (Å²) in [5.74, 6) is -0.385. The highest BCUT2D eigenvalue weighted by molar-refractivity contribution is 7.99. The molecule has 0 fully saturated rings. The number of halogens is 1. The quantitative estimate of drug-likeness (QED) is 0.407. The summed E-state index contributed by atoms with van der Waals surface area (Å²) in [4.78, 5) is 36.7. The van der Waals surface area contributed by atoms with Gasteiger partial charge in [0.2, 0.25) is 5.91 Å². The van der Waals surface area contributed by atoms with Crippen molar-refractivity contribution in [3.63, 3.8) is 0 Å². The van der Waals surface area contributed by atoms with Crippen LogP contribution in [0.3, 0.4) is 0 Å². The molecule has 24 heavy (non-hydrogen) atoms. The third-order valence-electron chi connectivity index (χ3n) is 2.91. The van der Waals surface area contributed by atoms with Crippen molar-refractivity contribution < 1.29 is 19.1 Å². The molecule has 6 nitrogen and oxygen atoms in total. The largest absolute Gasteiger partial charge is 0.456 e. The monoisotopic (exact) mass is 372 g/mol. The van der Waals surface area contributed by atoms with Gasteiger partial charge in [-0.3, -0.25) is 14.4 Å². The maximum atomic E-state index is 11.5. The first-order valence-corrected chi connectivity index (χ1v) is 8.75. The van der Waals surface area contributed by atoms with Gasteiger partial charge in [-0.1, -0.05) is 11.6 Å². The molecule has 0 spiro atoms. The number of hydrogen-bond acceptors (Lipinski definition) is 5. The Kier molecular flexibility index (Phi) is 9.26. The number of thioether (sulfide) groups is 1.